The van der Waals surface area contributed by atoms with Gasteiger partial charge in [0, 0.05) is 18.0 Å². The van der Waals surface area contributed by atoms with E-state index >= 15 is 0 Å². The van der Waals surface area contributed by atoms with E-state index in [1.807, 2.05) is 13.8 Å². The van der Waals surface area contributed by atoms with Crippen molar-refractivity contribution in [1.29, 1.82) is 0 Å². The van der Waals surface area contributed by atoms with Crippen LogP contribution in [0.25, 0.3) is 11.4 Å². The van der Waals surface area contributed by atoms with Crippen molar-refractivity contribution in [3.05, 3.63) is 65.8 Å². The Labute approximate surface area is 172 Å². The molecule has 3 heterocycles. The molecule has 0 fully saturated rings. The van der Waals surface area contributed by atoms with Crippen molar-refractivity contribution in [2.45, 2.75) is 19.9 Å². The monoisotopic (exact) mass is 405 g/mol. The lowest BCUT2D eigenvalue weighted by Gasteiger charge is -2.20. The van der Waals surface area contributed by atoms with Gasteiger partial charge in [0.15, 0.2) is 0 Å². The molecule has 2 aromatic heterocycles. The maximum Gasteiger partial charge on any atom is 0.262 e. The molecule has 9 nitrogen and oxygen atoms in total. The molecule has 0 saturated heterocycles. The standard InChI is InChI=1S/C21H19N5O4/c1-12(2)17(19-24-18(25-30-19)13-7-9-22-10-8-13)23-16(27)11-26-20(28)14-5-3-4-6-15(14)21(26)29/h3-10,12,17H,11H2,1-2H3,(H,23,27). The van der Waals surface area contributed by atoms with Crippen LogP contribution in [-0.2, 0) is 4.79 Å². The number of carbonyl (C=O) groups excluding carboxylic acids is 3. The number of hydrogen-bond acceptors (Lipinski definition) is 7. The van der Waals surface area contributed by atoms with E-state index in [-0.39, 0.29) is 18.4 Å². The summed E-state index contributed by atoms with van der Waals surface area (Å²) in [6, 6.07) is 9.43. The van der Waals surface area contributed by atoms with Crippen molar-refractivity contribution >= 4 is 17.7 Å². The van der Waals surface area contributed by atoms with E-state index in [9.17, 15) is 14.4 Å². The summed E-state index contributed by atoms with van der Waals surface area (Å²) in [7, 11) is 0. The van der Waals surface area contributed by atoms with Gasteiger partial charge in [0.1, 0.15) is 12.6 Å². The first-order chi connectivity index (χ1) is 14.5. The Morgan fingerprint density at radius 1 is 1.07 bits per heavy atom. The predicted octanol–water partition coefficient (Wildman–Crippen LogP) is 2.24. The quantitative estimate of drug-likeness (QED) is 0.625. The largest absolute Gasteiger partial charge is 0.342 e. The van der Waals surface area contributed by atoms with Crippen LogP contribution in [0.1, 0.15) is 46.5 Å². The Hall–Kier alpha value is -3.88. The zero-order chi connectivity index (χ0) is 21.3. The van der Waals surface area contributed by atoms with E-state index in [1.54, 1.807) is 48.8 Å². The molecule has 1 aromatic carbocycles. The first kappa shape index (κ1) is 19.4. The molecule has 30 heavy (non-hydrogen) atoms. The summed E-state index contributed by atoms with van der Waals surface area (Å²) in [6.07, 6.45) is 3.24. The zero-order valence-electron chi connectivity index (χ0n) is 16.4. The molecule has 0 aliphatic carbocycles. The molecule has 1 unspecified atom stereocenters. The van der Waals surface area contributed by atoms with Crippen LogP contribution < -0.4 is 5.32 Å². The van der Waals surface area contributed by atoms with Crippen molar-refractivity contribution in [1.82, 2.24) is 25.3 Å². The summed E-state index contributed by atoms with van der Waals surface area (Å²) in [6.45, 7) is 3.40. The zero-order valence-corrected chi connectivity index (χ0v) is 16.4. The van der Waals surface area contributed by atoms with E-state index in [0.29, 0.717) is 17.0 Å². The maximum absolute atomic E-state index is 12.7. The molecule has 1 aliphatic rings. The number of nitrogens with one attached hydrogen (secondary N) is 1. The molecule has 3 aromatic rings. The average Bonchev–Trinajstić information content (AvgIpc) is 3.33. The molecule has 4 rings (SSSR count). The van der Waals surface area contributed by atoms with E-state index in [2.05, 4.69) is 20.4 Å². The Morgan fingerprint density at radius 3 is 2.30 bits per heavy atom. The molecule has 1 atom stereocenters. The number of fused-ring (bicyclic) bond motifs is 1. The third kappa shape index (κ3) is 3.57. The Balaban J connectivity index is 1.48. The van der Waals surface area contributed by atoms with Crippen LogP contribution in [0.4, 0.5) is 0 Å². The molecule has 0 spiro atoms. The fourth-order valence-corrected chi connectivity index (χ4v) is 3.24. The minimum atomic E-state index is -0.573. The van der Waals surface area contributed by atoms with Gasteiger partial charge in [-0.2, -0.15) is 4.98 Å². The highest BCUT2D eigenvalue weighted by atomic mass is 16.5. The number of hydrogen-bond donors (Lipinski definition) is 1. The number of rotatable bonds is 6. The summed E-state index contributed by atoms with van der Waals surface area (Å²) in [5.41, 5.74) is 1.34. The highest BCUT2D eigenvalue weighted by Crippen LogP contribution is 2.25. The molecule has 0 bridgehead atoms. The number of amides is 3. The lowest BCUT2D eigenvalue weighted by atomic mass is 10.0. The molecular weight excluding hydrogens is 386 g/mol. The second kappa shape index (κ2) is 7.86. The average molecular weight is 405 g/mol. The van der Waals surface area contributed by atoms with Crippen LogP contribution in [0.5, 0.6) is 0 Å². The topological polar surface area (TPSA) is 118 Å². The van der Waals surface area contributed by atoms with Crippen molar-refractivity contribution in [2.24, 2.45) is 5.92 Å². The van der Waals surface area contributed by atoms with Crippen LogP contribution in [-0.4, -0.2) is 44.3 Å². The summed E-state index contributed by atoms with van der Waals surface area (Å²) >= 11 is 0. The molecule has 1 N–H and O–H groups in total. The highest BCUT2D eigenvalue weighted by molar-refractivity contribution is 6.22. The molecule has 3 amide bonds. The number of pyridine rings is 1. The summed E-state index contributed by atoms with van der Waals surface area (Å²) in [5, 5.41) is 6.77. The van der Waals surface area contributed by atoms with Gasteiger partial charge in [-0.25, -0.2) is 0 Å². The van der Waals surface area contributed by atoms with E-state index in [0.717, 1.165) is 10.5 Å². The van der Waals surface area contributed by atoms with Crippen molar-refractivity contribution in [3.63, 3.8) is 0 Å². The van der Waals surface area contributed by atoms with Gasteiger partial charge in [-0.3, -0.25) is 24.3 Å². The Kier molecular flexibility index (Phi) is 5.09. The van der Waals surface area contributed by atoms with E-state index < -0.39 is 23.8 Å². The molecular formula is C21H19N5O4. The normalized spacial score (nSPS) is 14.2. The number of nitrogens with zero attached hydrogens (tertiary/aromatic N) is 4. The third-order valence-corrected chi connectivity index (χ3v) is 4.81. The fourth-order valence-electron chi connectivity index (χ4n) is 3.24. The van der Waals surface area contributed by atoms with Gasteiger partial charge in [-0.05, 0) is 30.2 Å². The highest BCUT2D eigenvalue weighted by Gasteiger charge is 2.37. The summed E-state index contributed by atoms with van der Waals surface area (Å²) in [4.78, 5) is 46.9. The minimum Gasteiger partial charge on any atom is -0.342 e. The van der Waals surface area contributed by atoms with Crippen LogP contribution in [0.2, 0.25) is 0 Å². The second-order valence-corrected chi connectivity index (χ2v) is 7.22. The summed E-state index contributed by atoms with van der Waals surface area (Å²) in [5.74, 6) is -0.900. The number of carbonyl (C=O) groups is 3. The lowest BCUT2D eigenvalue weighted by Crippen LogP contribution is -2.42. The van der Waals surface area contributed by atoms with Gasteiger partial charge in [-0.1, -0.05) is 31.1 Å². The van der Waals surface area contributed by atoms with Gasteiger partial charge in [0.05, 0.1) is 11.1 Å². The maximum atomic E-state index is 12.7. The van der Waals surface area contributed by atoms with Gasteiger partial charge in [0.25, 0.3) is 11.8 Å². The second-order valence-electron chi connectivity index (χ2n) is 7.22. The minimum absolute atomic E-state index is 0.0677. The number of aromatic nitrogens is 3. The van der Waals surface area contributed by atoms with Crippen molar-refractivity contribution < 1.29 is 18.9 Å². The van der Waals surface area contributed by atoms with E-state index in [4.69, 9.17) is 4.52 Å². The molecule has 1 aliphatic heterocycles. The number of imide groups is 1. The van der Waals surface area contributed by atoms with Crippen LogP contribution >= 0.6 is 0 Å². The number of benzene rings is 1. The van der Waals surface area contributed by atoms with Crippen LogP contribution in [0, 0.1) is 5.92 Å². The van der Waals surface area contributed by atoms with Crippen molar-refractivity contribution in [3.8, 4) is 11.4 Å². The van der Waals surface area contributed by atoms with Crippen LogP contribution in [0.3, 0.4) is 0 Å². The van der Waals surface area contributed by atoms with Gasteiger partial charge >= 0.3 is 0 Å². The van der Waals surface area contributed by atoms with Gasteiger partial charge < -0.3 is 9.84 Å². The lowest BCUT2D eigenvalue weighted by molar-refractivity contribution is -0.122. The molecule has 0 radical (unpaired) electrons. The summed E-state index contributed by atoms with van der Waals surface area (Å²) < 4.78 is 5.36. The van der Waals surface area contributed by atoms with Gasteiger partial charge in [-0.15, -0.1) is 0 Å². The molecule has 152 valence electrons. The smallest absolute Gasteiger partial charge is 0.262 e. The SMILES string of the molecule is CC(C)C(NC(=O)CN1C(=O)c2ccccc2C1=O)c1nc(-c2ccncc2)no1. The van der Waals surface area contributed by atoms with Gasteiger partial charge in [0.2, 0.25) is 17.6 Å². The van der Waals surface area contributed by atoms with Crippen molar-refractivity contribution in [2.75, 3.05) is 6.54 Å². The fraction of sp³-hybridized carbons (Fsp3) is 0.238. The Bertz CT molecular complexity index is 1070. The predicted molar refractivity (Wildman–Crippen MR) is 105 cm³/mol. The third-order valence-electron chi connectivity index (χ3n) is 4.81. The first-order valence-electron chi connectivity index (χ1n) is 9.44. The molecule has 0 saturated carbocycles. The first-order valence-corrected chi connectivity index (χ1v) is 9.44. The molecule has 9 heteroatoms. The Morgan fingerprint density at radius 2 is 1.70 bits per heavy atom. The van der Waals surface area contributed by atoms with Crippen LogP contribution in [0.15, 0.2) is 53.3 Å². The van der Waals surface area contributed by atoms with E-state index in [1.165, 1.54) is 0 Å².